The van der Waals surface area contributed by atoms with Gasteiger partial charge in [0.25, 0.3) is 5.91 Å². The van der Waals surface area contributed by atoms with Crippen LogP contribution in [0.3, 0.4) is 0 Å². The molecule has 1 aliphatic heterocycles. The maximum atomic E-state index is 12.1. The van der Waals surface area contributed by atoms with E-state index in [0.29, 0.717) is 23.7 Å². The molecule has 1 aliphatic rings. The van der Waals surface area contributed by atoms with Crippen LogP contribution in [-0.2, 0) is 4.79 Å². The van der Waals surface area contributed by atoms with Gasteiger partial charge < -0.3 is 9.69 Å². The van der Waals surface area contributed by atoms with Crippen molar-refractivity contribution in [2.45, 2.75) is 12.8 Å². The molecule has 1 aromatic carbocycles. The Morgan fingerprint density at radius 1 is 1.35 bits per heavy atom. The van der Waals surface area contributed by atoms with Crippen LogP contribution in [0, 0.1) is 5.92 Å². The average Bonchev–Trinajstić information content (AvgIpc) is 2.38. The Morgan fingerprint density at radius 2 is 2.06 bits per heavy atom. The summed E-state index contributed by atoms with van der Waals surface area (Å²) in [6.07, 6.45) is 2.51. The normalized spacial score (nSPS) is 16.9. The number of benzene rings is 1. The predicted molar refractivity (Wildman–Crippen MR) is 66.1 cm³/mol. The van der Waals surface area contributed by atoms with Gasteiger partial charge in [-0.25, -0.2) is 0 Å². The highest BCUT2D eigenvalue weighted by atomic mass is 35.5. The monoisotopic (exact) mass is 251 g/mol. The zero-order valence-corrected chi connectivity index (χ0v) is 10.2. The molecule has 0 N–H and O–H groups in total. The number of hydrogen-bond donors (Lipinski definition) is 0. The first kappa shape index (κ1) is 12.1. The fourth-order valence-electron chi connectivity index (χ4n) is 2.04. The van der Waals surface area contributed by atoms with Gasteiger partial charge in [-0.15, -0.1) is 0 Å². The first-order chi connectivity index (χ1) is 8.20. The number of nitrogens with zero attached hydrogens (tertiary/aromatic N) is 1. The fourth-order valence-corrected chi connectivity index (χ4v) is 2.23. The third kappa shape index (κ3) is 2.86. The summed E-state index contributed by atoms with van der Waals surface area (Å²) in [5.41, 5.74) is 0.613. The van der Waals surface area contributed by atoms with E-state index in [4.69, 9.17) is 11.6 Å². The molecule has 1 aromatic rings. The van der Waals surface area contributed by atoms with Gasteiger partial charge in [-0.3, -0.25) is 4.79 Å². The molecule has 0 atom stereocenters. The van der Waals surface area contributed by atoms with E-state index in [9.17, 15) is 9.59 Å². The summed E-state index contributed by atoms with van der Waals surface area (Å²) in [5, 5.41) is 0.568. The number of aldehydes is 1. The maximum Gasteiger partial charge on any atom is 0.253 e. The highest BCUT2D eigenvalue weighted by Crippen LogP contribution is 2.18. The average molecular weight is 252 g/mol. The Labute approximate surface area is 105 Å². The molecule has 0 aliphatic carbocycles. The second-order valence-electron chi connectivity index (χ2n) is 4.28. The van der Waals surface area contributed by atoms with Gasteiger partial charge in [0.15, 0.2) is 0 Å². The van der Waals surface area contributed by atoms with Crippen molar-refractivity contribution >= 4 is 23.8 Å². The number of carbonyl (C=O) groups is 2. The molecule has 0 spiro atoms. The van der Waals surface area contributed by atoms with Crippen LogP contribution in [0.5, 0.6) is 0 Å². The standard InChI is InChI=1S/C13H14ClNO2/c14-12-3-1-2-11(8-12)13(17)15-6-4-10(9-16)5-7-15/h1-3,8-10H,4-7H2. The Balaban J connectivity index is 2.04. The zero-order valence-electron chi connectivity index (χ0n) is 9.43. The zero-order chi connectivity index (χ0) is 12.3. The number of carbonyl (C=O) groups excluding carboxylic acids is 2. The maximum absolute atomic E-state index is 12.1. The lowest BCUT2D eigenvalue weighted by Crippen LogP contribution is -2.38. The highest BCUT2D eigenvalue weighted by Gasteiger charge is 2.23. The minimum Gasteiger partial charge on any atom is -0.339 e. The van der Waals surface area contributed by atoms with E-state index in [1.807, 2.05) is 0 Å². The van der Waals surface area contributed by atoms with E-state index >= 15 is 0 Å². The Kier molecular flexibility index (Phi) is 3.79. The Morgan fingerprint density at radius 3 is 2.65 bits per heavy atom. The second-order valence-corrected chi connectivity index (χ2v) is 4.71. The number of hydrogen-bond acceptors (Lipinski definition) is 2. The van der Waals surface area contributed by atoms with E-state index in [2.05, 4.69) is 0 Å². The van der Waals surface area contributed by atoms with Gasteiger partial charge in [-0.1, -0.05) is 17.7 Å². The molecule has 0 unspecified atom stereocenters. The van der Waals surface area contributed by atoms with Gasteiger partial charge in [0, 0.05) is 29.6 Å². The lowest BCUT2D eigenvalue weighted by molar-refractivity contribution is -0.112. The number of piperidine rings is 1. The summed E-state index contributed by atoms with van der Waals surface area (Å²) in [6, 6.07) is 6.96. The van der Waals surface area contributed by atoms with E-state index < -0.39 is 0 Å². The quantitative estimate of drug-likeness (QED) is 0.757. The molecule has 2 rings (SSSR count). The topological polar surface area (TPSA) is 37.4 Å². The van der Waals surface area contributed by atoms with Crippen LogP contribution in [0.4, 0.5) is 0 Å². The van der Waals surface area contributed by atoms with Gasteiger partial charge in [0.1, 0.15) is 6.29 Å². The van der Waals surface area contributed by atoms with Crippen LogP contribution in [0.2, 0.25) is 5.02 Å². The summed E-state index contributed by atoms with van der Waals surface area (Å²) in [4.78, 5) is 24.5. The van der Waals surface area contributed by atoms with E-state index in [1.165, 1.54) is 0 Å². The molecule has 0 radical (unpaired) electrons. The molecule has 1 saturated heterocycles. The molecule has 17 heavy (non-hydrogen) atoms. The molecule has 90 valence electrons. The first-order valence-corrected chi connectivity index (χ1v) is 6.08. The fraction of sp³-hybridized carbons (Fsp3) is 0.385. The van der Waals surface area contributed by atoms with Crippen molar-refractivity contribution < 1.29 is 9.59 Å². The third-order valence-corrected chi connectivity index (χ3v) is 3.33. The minimum atomic E-state index is -0.00292. The lowest BCUT2D eigenvalue weighted by atomic mass is 9.98. The predicted octanol–water partition coefficient (Wildman–Crippen LogP) is 2.39. The molecular formula is C13H14ClNO2. The summed E-state index contributed by atoms with van der Waals surface area (Å²) >= 11 is 5.86. The Hall–Kier alpha value is -1.35. The smallest absolute Gasteiger partial charge is 0.253 e. The molecule has 3 nitrogen and oxygen atoms in total. The van der Waals surface area contributed by atoms with Gasteiger partial charge in [-0.05, 0) is 31.0 Å². The van der Waals surface area contributed by atoms with Crippen molar-refractivity contribution in [3.8, 4) is 0 Å². The lowest BCUT2D eigenvalue weighted by Gasteiger charge is -2.29. The number of amides is 1. The van der Waals surface area contributed by atoms with Crippen LogP contribution in [0.15, 0.2) is 24.3 Å². The van der Waals surface area contributed by atoms with Crippen LogP contribution < -0.4 is 0 Å². The number of rotatable bonds is 2. The summed E-state index contributed by atoms with van der Waals surface area (Å²) in [6.45, 7) is 1.30. The van der Waals surface area contributed by atoms with Crippen molar-refractivity contribution in [3.05, 3.63) is 34.9 Å². The number of halogens is 1. The van der Waals surface area contributed by atoms with E-state index in [-0.39, 0.29) is 11.8 Å². The molecule has 1 heterocycles. The van der Waals surface area contributed by atoms with Gasteiger partial charge >= 0.3 is 0 Å². The van der Waals surface area contributed by atoms with Gasteiger partial charge in [0.2, 0.25) is 0 Å². The molecular weight excluding hydrogens is 238 g/mol. The van der Waals surface area contributed by atoms with Crippen LogP contribution in [0.1, 0.15) is 23.2 Å². The van der Waals surface area contributed by atoms with E-state index in [0.717, 1.165) is 19.1 Å². The summed E-state index contributed by atoms with van der Waals surface area (Å²) < 4.78 is 0. The van der Waals surface area contributed by atoms with E-state index in [1.54, 1.807) is 29.2 Å². The van der Waals surface area contributed by atoms with Crippen LogP contribution in [-0.4, -0.2) is 30.2 Å². The van der Waals surface area contributed by atoms with Crippen molar-refractivity contribution in [1.29, 1.82) is 0 Å². The van der Waals surface area contributed by atoms with Gasteiger partial charge in [0.05, 0.1) is 0 Å². The SMILES string of the molecule is O=CC1CCN(C(=O)c2cccc(Cl)c2)CC1. The van der Waals surface area contributed by atoms with Crippen LogP contribution in [0.25, 0.3) is 0 Å². The first-order valence-electron chi connectivity index (χ1n) is 5.71. The molecule has 0 bridgehead atoms. The molecule has 1 fully saturated rings. The largest absolute Gasteiger partial charge is 0.339 e. The molecule has 1 amide bonds. The molecule has 0 saturated carbocycles. The third-order valence-electron chi connectivity index (χ3n) is 3.09. The van der Waals surface area contributed by atoms with Crippen molar-refractivity contribution in [2.24, 2.45) is 5.92 Å². The summed E-state index contributed by atoms with van der Waals surface area (Å²) in [7, 11) is 0. The van der Waals surface area contributed by atoms with Crippen molar-refractivity contribution in [1.82, 2.24) is 4.90 Å². The second kappa shape index (κ2) is 5.32. The van der Waals surface area contributed by atoms with Gasteiger partial charge in [-0.2, -0.15) is 0 Å². The highest BCUT2D eigenvalue weighted by molar-refractivity contribution is 6.30. The minimum absolute atomic E-state index is 0.00292. The van der Waals surface area contributed by atoms with Crippen molar-refractivity contribution in [2.75, 3.05) is 13.1 Å². The Bertz CT molecular complexity index is 425. The van der Waals surface area contributed by atoms with Crippen LogP contribution >= 0.6 is 11.6 Å². The molecule has 4 heteroatoms. The van der Waals surface area contributed by atoms with Crippen molar-refractivity contribution in [3.63, 3.8) is 0 Å². The number of likely N-dealkylation sites (tertiary alicyclic amines) is 1. The summed E-state index contributed by atoms with van der Waals surface area (Å²) in [5.74, 6) is 0.107. The molecule has 0 aromatic heterocycles.